The topological polar surface area (TPSA) is 45.2 Å². The normalized spacial score (nSPS) is 19.4. The molecule has 1 N–H and O–H groups in total. The van der Waals surface area contributed by atoms with Crippen LogP contribution in [0, 0.1) is 6.92 Å². The first-order valence-corrected chi connectivity index (χ1v) is 8.03. The summed E-state index contributed by atoms with van der Waals surface area (Å²) in [4.78, 5) is 18.7. The number of hydrogen-bond donors (Lipinski definition) is 1. The lowest BCUT2D eigenvalue weighted by atomic mass is 10.0. The lowest BCUT2D eigenvalue weighted by Gasteiger charge is -2.30. The van der Waals surface area contributed by atoms with E-state index in [0.717, 1.165) is 31.1 Å². The number of carbonyl (C=O) groups is 1. The van der Waals surface area contributed by atoms with E-state index in [1.165, 1.54) is 19.3 Å². The average Bonchev–Trinajstić information content (AvgIpc) is 2.85. The summed E-state index contributed by atoms with van der Waals surface area (Å²) >= 11 is 1.54. The Morgan fingerprint density at radius 2 is 2.42 bits per heavy atom. The molecule has 0 radical (unpaired) electrons. The molecule has 1 amide bonds. The van der Waals surface area contributed by atoms with Gasteiger partial charge in [-0.15, -0.1) is 11.3 Å². The number of rotatable bonds is 5. The van der Waals surface area contributed by atoms with Crippen LogP contribution < -0.4 is 5.32 Å². The molecule has 1 unspecified atom stereocenters. The van der Waals surface area contributed by atoms with Crippen molar-refractivity contribution in [1.82, 2.24) is 15.2 Å². The lowest BCUT2D eigenvalue weighted by molar-refractivity contribution is 0.0726. The van der Waals surface area contributed by atoms with Gasteiger partial charge in [0.2, 0.25) is 0 Å². The summed E-state index contributed by atoms with van der Waals surface area (Å²) in [5.41, 5.74) is 0.603. The van der Waals surface area contributed by atoms with Crippen LogP contribution in [-0.4, -0.2) is 41.5 Å². The van der Waals surface area contributed by atoms with Gasteiger partial charge in [-0.25, -0.2) is 4.98 Å². The Morgan fingerprint density at radius 1 is 1.58 bits per heavy atom. The minimum Gasteiger partial charge on any atom is -0.336 e. The fraction of sp³-hybridized carbons (Fsp3) is 0.714. The molecule has 19 heavy (non-hydrogen) atoms. The zero-order valence-corrected chi connectivity index (χ0v) is 12.6. The third-order valence-electron chi connectivity index (χ3n) is 3.47. The van der Waals surface area contributed by atoms with Crippen LogP contribution in [0.5, 0.6) is 0 Å². The van der Waals surface area contributed by atoms with Gasteiger partial charge in [0.15, 0.2) is 0 Å². The van der Waals surface area contributed by atoms with E-state index >= 15 is 0 Å². The molecule has 0 spiro atoms. The molecule has 1 atom stereocenters. The molecule has 1 aliphatic rings. The number of aryl methyl sites for hydroxylation is 1. The maximum absolute atomic E-state index is 12.5. The van der Waals surface area contributed by atoms with Gasteiger partial charge in [0.1, 0.15) is 5.69 Å². The molecule has 5 heteroatoms. The third-order valence-corrected chi connectivity index (χ3v) is 4.25. The monoisotopic (exact) mass is 281 g/mol. The van der Waals surface area contributed by atoms with E-state index in [1.807, 2.05) is 17.2 Å². The summed E-state index contributed by atoms with van der Waals surface area (Å²) in [5.74, 6) is 0.0820. The van der Waals surface area contributed by atoms with E-state index in [2.05, 4.69) is 17.2 Å². The molecule has 1 aliphatic heterocycles. The van der Waals surface area contributed by atoms with Gasteiger partial charge in [0, 0.05) is 24.5 Å². The van der Waals surface area contributed by atoms with Crippen LogP contribution in [-0.2, 0) is 0 Å². The number of hydrogen-bond acceptors (Lipinski definition) is 4. The maximum atomic E-state index is 12.5. The van der Waals surface area contributed by atoms with Crippen LogP contribution in [0.15, 0.2) is 5.38 Å². The van der Waals surface area contributed by atoms with E-state index in [4.69, 9.17) is 0 Å². The molecule has 1 aromatic rings. The van der Waals surface area contributed by atoms with Gasteiger partial charge in [-0.1, -0.05) is 13.3 Å². The van der Waals surface area contributed by atoms with Crippen molar-refractivity contribution in [3.8, 4) is 0 Å². The quantitative estimate of drug-likeness (QED) is 0.901. The van der Waals surface area contributed by atoms with E-state index in [9.17, 15) is 4.79 Å². The Kier molecular flexibility index (Phi) is 5.34. The SMILES string of the molecule is CCCN(CC1CCCCN1)C(=O)c1csc(C)n1. The molecular formula is C14H23N3OS. The average molecular weight is 281 g/mol. The molecule has 2 heterocycles. The van der Waals surface area contributed by atoms with Crippen LogP contribution in [0.2, 0.25) is 0 Å². The molecule has 1 saturated heterocycles. The summed E-state index contributed by atoms with van der Waals surface area (Å²) < 4.78 is 0. The summed E-state index contributed by atoms with van der Waals surface area (Å²) in [7, 11) is 0. The number of nitrogens with zero attached hydrogens (tertiary/aromatic N) is 2. The van der Waals surface area contributed by atoms with Gasteiger partial charge in [-0.2, -0.15) is 0 Å². The summed E-state index contributed by atoms with van der Waals surface area (Å²) in [6.45, 7) is 6.75. The van der Waals surface area contributed by atoms with Gasteiger partial charge >= 0.3 is 0 Å². The first-order chi connectivity index (χ1) is 9.20. The third kappa shape index (κ3) is 4.01. The highest BCUT2D eigenvalue weighted by molar-refractivity contribution is 7.09. The first-order valence-electron chi connectivity index (χ1n) is 7.15. The molecule has 2 rings (SSSR count). The fourth-order valence-corrected chi connectivity index (χ4v) is 3.10. The molecule has 0 aliphatic carbocycles. The molecule has 106 valence electrons. The Balaban J connectivity index is 1.99. The van der Waals surface area contributed by atoms with Gasteiger partial charge in [0.25, 0.3) is 5.91 Å². The van der Waals surface area contributed by atoms with E-state index in [0.29, 0.717) is 11.7 Å². The minimum atomic E-state index is 0.0820. The lowest BCUT2D eigenvalue weighted by Crippen LogP contribution is -2.46. The summed E-state index contributed by atoms with van der Waals surface area (Å²) in [6.07, 6.45) is 4.68. The predicted octanol–water partition coefficient (Wildman–Crippen LogP) is 2.45. The molecule has 0 saturated carbocycles. The number of nitrogens with one attached hydrogen (secondary N) is 1. The van der Waals surface area contributed by atoms with E-state index in [-0.39, 0.29) is 5.91 Å². The van der Waals surface area contributed by atoms with Crippen LogP contribution in [0.4, 0.5) is 0 Å². The van der Waals surface area contributed by atoms with Crippen molar-refractivity contribution in [1.29, 1.82) is 0 Å². The second-order valence-electron chi connectivity index (χ2n) is 5.15. The van der Waals surface area contributed by atoms with E-state index in [1.54, 1.807) is 11.3 Å². The zero-order valence-electron chi connectivity index (χ0n) is 11.8. The fourth-order valence-electron chi connectivity index (χ4n) is 2.52. The first kappa shape index (κ1) is 14.5. The molecular weight excluding hydrogens is 258 g/mol. The van der Waals surface area contributed by atoms with Crippen LogP contribution in [0.1, 0.15) is 48.1 Å². The van der Waals surface area contributed by atoms with Gasteiger partial charge in [-0.3, -0.25) is 4.79 Å². The standard InChI is InChI=1S/C14H23N3OS/c1-3-8-17(9-12-6-4-5-7-15-12)14(18)13-10-19-11(2)16-13/h10,12,15H,3-9H2,1-2H3. The number of aromatic nitrogens is 1. The van der Waals surface area contributed by atoms with Gasteiger partial charge in [0.05, 0.1) is 5.01 Å². The van der Waals surface area contributed by atoms with Crippen molar-refractivity contribution < 1.29 is 4.79 Å². The smallest absolute Gasteiger partial charge is 0.273 e. The number of thiazole rings is 1. The van der Waals surface area contributed by atoms with Crippen molar-refractivity contribution in [2.75, 3.05) is 19.6 Å². The molecule has 1 aromatic heterocycles. The predicted molar refractivity (Wildman–Crippen MR) is 78.7 cm³/mol. The van der Waals surface area contributed by atoms with Gasteiger partial charge in [-0.05, 0) is 32.7 Å². The number of piperidine rings is 1. The van der Waals surface area contributed by atoms with Crippen molar-refractivity contribution in [2.45, 2.75) is 45.6 Å². The summed E-state index contributed by atoms with van der Waals surface area (Å²) in [6, 6.07) is 0.448. The van der Waals surface area contributed by atoms with Crippen molar-refractivity contribution >= 4 is 17.2 Å². The maximum Gasteiger partial charge on any atom is 0.273 e. The van der Waals surface area contributed by atoms with Crippen molar-refractivity contribution in [3.63, 3.8) is 0 Å². The molecule has 1 fully saturated rings. The van der Waals surface area contributed by atoms with Gasteiger partial charge < -0.3 is 10.2 Å². The largest absolute Gasteiger partial charge is 0.336 e. The minimum absolute atomic E-state index is 0.0820. The Morgan fingerprint density at radius 3 is 3.00 bits per heavy atom. The van der Waals surface area contributed by atoms with Crippen LogP contribution in [0.25, 0.3) is 0 Å². The Labute approximate surface area is 119 Å². The second kappa shape index (κ2) is 7.01. The highest BCUT2D eigenvalue weighted by atomic mass is 32.1. The molecule has 4 nitrogen and oxygen atoms in total. The van der Waals surface area contributed by atoms with Crippen molar-refractivity contribution in [2.24, 2.45) is 0 Å². The number of amides is 1. The number of carbonyl (C=O) groups excluding carboxylic acids is 1. The van der Waals surface area contributed by atoms with Crippen LogP contribution >= 0.6 is 11.3 Å². The summed E-state index contributed by atoms with van der Waals surface area (Å²) in [5, 5.41) is 6.33. The Hall–Kier alpha value is -0.940. The Bertz CT molecular complexity index is 413. The molecule has 0 bridgehead atoms. The zero-order chi connectivity index (χ0) is 13.7. The van der Waals surface area contributed by atoms with E-state index < -0.39 is 0 Å². The van der Waals surface area contributed by atoms with Crippen LogP contribution in [0.3, 0.4) is 0 Å². The van der Waals surface area contributed by atoms with Crippen molar-refractivity contribution in [3.05, 3.63) is 16.1 Å². The highest BCUT2D eigenvalue weighted by Crippen LogP contribution is 2.14. The second-order valence-corrected chi connectivity index (χ2v) is 6.21. The highest BCUT2D eigenvalue weighted by Gasteiger charge is 2.22. The molecule has 0 aromatic carbocycles.